The van der Waals surface area contributed by atoms with Crippen molar-refractivity contribution in [2.45, 2.75) is 108 Å². The predicted octanol–water partition coefficient (Wildman–Crippen LogP) is 8.13. The van der Waals surface area contributed by atoms with Crippen LogP contribution < -0.4 is 21.3 Å². The Balaban J connectivity index is -0.000000260. The Bertz CT molecular complexity index is 1550. The van der Waals surface area contributed by atoms with E-state index in [1.807, 2.05) is 69.3 Å². The lowest BCUT2D eigenvalue weighted by Crippen LogP contribution is -2.36. The second kappa shape index (κ2) is 46.6. The van der Waals surface area contributed by atoms with Gasteiger partial charge in [-0.1, -0.05) is 71.0 Å². The van der Waals surface area contributed by atoms with Crippen molar-refractivity contribution in [2.24, 2.45) is 10.8 Å². The van der Waals surface area contributed by atoms with Crippen molar-refractivity contribution in [3.63, 3.8) is 0 Å². The van der Waals surface area contributed by atoms with Gasteiger partial charge >= 0.3 is 5.97 Å². The molecule has 18 heteroatoms. The van der Waals surface area contributed by atoms with E-state index in [2.05, 4.69) is 27.8 Å². The molecule has 5 N–H and O–H groups in total. The molecule has 0 heterocycles. The Labute approximate surface area is 421 Å². The highest BCUT2D eigenvalue weighted by Gasteiger charge is 2.33. The zero-order chi connectivity index (χ0) is 52.4. The van der Waals surface area contributed by atoms with Gasteiger partial charge in [-0.25, -0.2) is 9.78 Å². The van der Waals surface area contributed by atoms with E-state index in [0.717, 1.165) is 73.3 Å². The summed E-state index contributed by atoms with van der Waals surface area (Å²) in [6.07, 6.45) is 5.25. The van der Waals surface area contributed by atoms with E-state index < -0.39 is 11.4 Å². The molecule has 0 fully saturated rings. The van der Waals surface area contributed by atoms with Crippen LogP contribution in [-0.4, -0.2) is 143 Å². The van der Waals surface area contributed by atoms with E-state index in [0.29, 0.717) is 33.0 Å². The zero-order valence-electron chi connectivity index (χ0n) is 43.6. The van der Waals surface area contributed by atoms with Crippen molar-refractivity contribution < 1.29 is 67.3 Å². The maximum absolute atomic E-state index is 11.0. The number of carboxylic acids is 1. The summed E-state index contributed by atoms with van der Waals surface area (Å²) < 4.78 is 29.4. The lowest BCUT2D eigenvalue weighted by atomic mass is 9.93. The molecule has 0 saturated heterocycles. The van der Waals surface area contributed by atoms with Gasteiger partial charge < -0.3 is 54.8 Å². The molecular weight excluding hydrogens is 905 g/mol. The number of hydrogen-bond acceptors (Lipinski definition) is 13. The molecule has 1 unspecified atom stereocenters. The average molecular weight is 999 g/mol. The van der Waals surface area contributed by atoms with Crippen LogP contribution in [0.4, 0.5) is 11.4 Å². The molecule has 0 aliphatic carbocycles. The van der Waals surface area contributed by atoms with Gasteiger partial charge in [0, 0.05) is 100 Å². The van der Waals surface area contributed by atoms with Crippen molar-refractivity contribution in [3.05, 3.63) is 71.8 Å². The van der Waals surface area contributed by atoms with Gasteiger partial charge in [0.1, 0.15) is 12.0 Å². The zero-order valence-corrected chi connectivity index (χ0v) is 43.6. The number of rotatable bonds is 28. The van der Waals surface area contributed by atoms with Gasteiger partial charge in [-0.05, 0) is 75.4 Å². The fraction of sp³-hybridized carbons (Fsp3) is 0.635. The molecule has 4 amide bonds. The number of methoxy groups -OCH3 is 6. The highest BCUT2D eigenvalue weighted by molar-refractivity contribution is 5.89. The van der Waals surface area contributed by atoms with E-state index >= 15 is 0 Å². The van der Waals surface area contributed by atoms with Crippen molar-refractivity contribution in [1.29, 1.82) is 0 Å². The molecule has 0 bridgehead atoms. The Morgan fingerprint density at radius 2 is 0.957 bits per heavy atom. The summed E-state index contributed by atoms with van der Waals surface area (Å²) in [5.41, 5.74) is 3.74. The first-order valence-corrected chi connectivity index (χ1v) is 22.4. The molecule has 0 aliphatic rings. The smallest absolute Gasteiger partial charge is 0.314 e. The largest absolute Gasteiger partial charge is 0.481 e. The van der Waals surface area contributed by atoms with Gasteiger partial charge in [-0.2, -0.15) is 0 Å². The number of anilines is 2. The lowest BCUT2D eigenvalue weighted by molar-refractivity contribution is -0.307. The summed E-state index contributed by atoms with van der Waals surface area (Å²) in [5.74, 6) is -0.986. The van der Waals surface area contributed by atoms with Gasteiger partial charge in [-0.3, -0.25) is 24.0 Å². The number of nitrogens with one attached hydrogen (secondary N) is 4. The molecule has 0 radical (unpaired) electrons. The number of ether oxygens (including phenoxy) is 6. The van der Waals surface area contributed by atoms with Crippen LogP contribution in [0.2, 0.25) is 0 Å². The van der Waals surface area contributed by atoms with Crippen molar-refractivity contribution in [3.8, 4) is 0 Å². The number of carbonyl (C=O) groups is 5. The average Bonchev–Trinajstić information content (AvgIpc) is 3.25. The Hall–Kier alpha value is -4.79. The fourth-order valence-electron chi connectivity index (χ4n) is 5.44. The minimum Gasteiger partial charge on any atom is -0.481 e. The molecule has 406 valence electrons. The number of carboxylic acid groups (broad SMARTS) is 1. The molecule has 18 nitrogen and oxygen atoms in total. The third-order valence-corrected chi connectivity index (χ3v) is 8.84. The monoisotopic (exact) mass is 999 g/mol. The van der Waals surface area contributed by atoms with Gasteiger partial charge in [0.25, 0.3) is 0 Å². The van der Waals surface area contributed by atoms with Gasteiger partial charge in [-0.15, -0.1) is 0 Å². The molecular formula is C52H94N4O14. The summed E-state index contributed by atoms with van der Waals surface area (Å²) >= 11 is 0. The third-order valence-electron chi connectivity index (χ3n) is 8.84. The molecule has 0 aromatic heterocycles. The Morgan fingerprint density at radius 1 is 0.571 bits per heavy atom. The van der Waals surface area contributed by atoms with Crippen LogP contribution in [-0.2, 0) is 68.6 Å². The van der Waals surface area contributed by atoms with E-state index in [9.17, 15) is 24.0 Å². The fourth-order valence-corrected chi connectivity index (χ4v) is 5.44. The van der Waals surface area contributed by atoms with Crippen LogP contribution in [0.25, 0.3) is 0 Å². The summed E-state index contributed by atoms with van der Waals surface area (Å²) in [7, 11) is 9.58. The molecule has 2 aromatic rings. The van der Waals surface area contributed by atoms with Crippen LogP contribution in [0.1, 0.15) is 107 Å². The minimum absolute atomic E-state index is 0. The van der Waals surface area contributed by atoms with E-state index in [1.54, 1.807) is 35.4 Å². The number of unbranched alkanes of at least 4 members (excludes halogenated alkanes) is 3. The molecule has 70 heavy (non-hydrogen) atoms. The number of amides is 4. The van der Waals surface area contributed by atoms with Crippen molar-refractivity contribution in [1.82, 2.24) is 10.6 Å². The molecule has 2 rings (SSSR count). The van der Waals surface area contributed by atoms with Crippen molar-refractivity contribution in [2.75, 3.05) is 113 Å². The standard InChI is InChI=1S/C17H18N2O2.C11H22O4.C10H20N2O2.C7H14O4.C5H12O2.2CH4/c1-12(20)18-16-7-3-14(4-8-16)11-15-5-9-17(10-6-15)19-13(2)21;1-10(2)6-14-15-9-11(3,7-12-4)8-13-5;1-9(13)11-7-5-3-4-6-8-12-10(2)14;1-7(4-10-2,5-11-3)6(8)9;1-5(7-3)4-6-2;;/h3-10H,11H2,1-2H3,(H,18,20)(H,19,21);1,6-9H2,2-5H3;3-8H2,1-2H3,(H,11,13)(H,12,14);4-5H2,1-3H3,(H,8,9);5H,4H2,1-3H3;2*1H4. The summed E-state index contributed by atoms with van der Waals surface area (Å²) in [5, 5.41) is 19.7. The summed E-state index contributed by atoms with van der Waals surface area (Å²) in [6.45, 7) is 21.7. The van der Waals surface area contributed by atoms with Gasteiger partial charge in [0.15, 0.2) is 0 Å². The SMILES string of the molecule is C.C.C=C(C)COOCC(C)(COC)COC.CC(=O)NCCCCCCNC(C)=O.CC(=O)Nc1ccc(Cc2ccc(NC(C)=O)cc2)cc1.COCC(C)(COC)C(=O)O.COCC(C)OC. The first kappa shape index (κ1) is 74.2. The van der Waals surface area contributed by atoms with Gasteiger partial charge in [0.05, 0.1) is 45.7 Å². The van der Waals surface area contributed by atoms with E-state index in [1.165, 1.54) is 41.9 Å². The molecule has 1 atom stereocenters. The summed E-state index contributed by atoms with van der Waals surface area (Å²) in [6, 6.07) is 15.5. The minimum atomic E-state index is -0.927. The van der Waals surface area contributed by atoms with Gasteiger partial charge in [0.2, 0.25) is 23.6 Å². The number of carbonyl (C=O) groups excluding carboxylic acids is 4. The molecule has 0 saturated carbocycles. The number of hydrogen-bond donors (Lipinski definition) is 5. The Morgan fingerprint density at radius 3 is 1.23 bits per heavy atom. The lowest BCUT2D eigenvalue weighted by Gasteiger charge is -2.26. The normalized spacial score (nSPS) is 10.7. The molecule has 2 aromatic carbocycles. The van der Waals surface area contributed by atoms with Crippen LogP contribution in [0.3, 0.4) is 0 Å². The third kappa shape index (κ3) is 45.6. The second-order valence-corrected chi connectivity index (χ2v) is 16.7. The molecule has 0 aliphatic heterocycles. The maximum atomic E-state index is 11.0. The van der Waals surface area contributed by atoms with Crippen molar-refractivity contribution >= 4 is 41.0 Å². The van der Waals surface area contributed by atoms with Crippen LogP contribution >= 0.6 is 0 Å². The first-order valence-electron chi connectivity index (χ1n) is 22.4. The van der Waals surface area contributed by atoms with Crippen LogP contribution in [0, 0.1) is 10.8 Å². The predicted molar refractivity (Wildman–Crippen MR) is 280 cm³/mol. The topological polar surface area (TPSA) is 228 Å². The highest BCUT2D eigenvalue weighted by Crippen LogP contribution is 2.19. The quantitative estimate of drug-likeness (QED) is 0.0235. The number of aliphatic carboxylic acids is 1. The highest BCUT2D eigenvalue weighted by atomic mass is 17.2. The van der Waals surface area contributed by atoms with E-state index in [-0.39, 0.29) is 63.2 Å². The van der Waals surface area contributed by atoms with Crippen LogP contribution in [0.5, 0.6) is 0 Å². The second-order valence-electron chi connectivity index (χ2n) is 16.7. The molecule has 0 spiro atoms. The maximum Gasteiger partial charge on any atom is 0.314 e. The first-order chi connectivity index (χ1) is 32.1. The number of benzene rings is 2. The summed E-state index contributed by atoms with van der Waals surface area (Å²) in [4.78, 5) is 63.6. The van der Waals surface area contributed by atoms with E-state index in [4.69, 9.17) is 43.3 Å². The Kier molecular flexibility index (Phi) is 49.4. The van der Waals surface area contributed by atoms with Crippen LogP contribution in [0.15, 0.2) is 60.7 Å².